The summed E-state index contributed by atoms with van der Waals surface area (Å²) in [6, 6.07) is 17.0. The van der Waals surface area contributed by atoms with Gasteiger partial charge in [0.05, 0.1) is 0 Å². The number of rotatable bonds is 2. The minimum absolute atomic E-state index is 1.01. The summed E-state index contributed by atoms with van der Waals surface area (Å²) in [5.74, 6) is 0. The highest BCUT2D eigenvalue weighted by molar-refractivity contribution is 14.1. The standard InChI is InChI=1S/C13H10BrI/c14-12-7-6-11(13(15)9-12)8-10-4-2-1-3-5-10/h1-7,9H,8H2. The molecule has 0 N–H and O–H groups in total. The zero-order valence-electron chi connectivity index (χ0n) is 8.08. The molecule has 0 bridgehead atoms. The van der Waals surface area contributed by atoms with E-state index in [1.807, 2.05) is 0 Å². The molecule has 0 atom stereocenters. The second-order valence-corrected chi connectivity index (χ2v) is 5.48. The Morgan fingerprint density at radius 3 is 2.40 bits per heavy atom. The fraction of sp³-hybridized carbons (Fsp3) is 0.0769. The molecule has 0 aliphatic rings. The molecule has 2 aromatic carbocycles. The summed E-state index contributed by atoms with van der Waals surface area (Å²) < 4.78 is 2.45. The molecular formula is C13H10BrI. The maximum atomic E-state index is 3.48. The van der Waals surface area contributed by atoms with Gasteiger partial charge in [0.15, 0.2) is 0 Å². The predicted molar refractivity (Wildman–Crippen MR) is 76.1 cm³/mol. The molecular weight excluding hydrogens is 363 g/mol. The Kier molecular flexibility index (Phi) is 3.81. The van der Waals surface area contributed by atoms with Crippen molar-refractivity contribution in [1.82, 2.24) is 0 Å². The SMILES string of the molecule is Brc1ccc(Cc2ccccc2)c(I)c1. The van der Waals surface area contributed by atoms with Gasteiger partial charge in [-0.15, -0.1) is 0 Å². The van der Waals surface area contributed by atoms with E-state index < -0.39 is 0 Å². The van der Waals surface area contributed by atoms with Crippen LogP contribution >= 0.6 is 38.5 Å². The third-order valence-electron chi connectivity index (χ3n) is 2.25. The average Bonchev–Trinajstić information content (AvgIpc) is 2.24. The zero-order valence-corrected chi connectivity index (χ0v) is 11.8. The van der Waals surface area contributed by atoms with Crippen LogP contribution in [0.4, 0.5) is 0 Å². The first-order valence-corrected chi connectivity index (χ1v) is 6.61. The van der Waals surface area contributed by atoms with E-state index in [1.165, 1.54) is 14.7 Å². The van der Waals surface area contributed by atoms with Gasteiger partial charge in [-0.05, 0) is 52.3 Å². The van der Waals surface area contributed by atoms with Crippen molar-refractivity contribution in [2.24, 2.45) is 0 Å². The summed E-state index contributed by atoms with van der Waals surface area (Å²) in [6.07, 6.45) is 1.01. The van der Waals surface area contributed by atoms with Crippen molar-refractivity contribution in [3.05, 3.63) is 67.7 Å². The minimum Gasteiger partial charge on any atom is -0.0622 e. The molecule has 0 spiro atoms. The minimum atomic E-state index is 1.01. The first-order chi connectivity index (χ1) is 7.25. The van der Waals surface area contributed by atoms with Crippen LogP contribution in [0.2, 0.25) is 0 Å². The van der Waals surface area contributed by atoms with Crippen molar-refractivity contribution in [3.8, 4) is 0 Å². The number of hydrogen-bond acceptors (Lipinski definition) is 0. The van der Waals surface area contributed by atoms with Gasteiger partial charge in [-0.25, -0.2) is 0 Å². The highest BCUT2D eigenvalue weighted by Gasteiger charge is 2.01. The molecule has 0 aliphatic heterocycles. The Hall–Kier alpha value is -0.350. The van der Waals surface area contributed by atoms with Gasteiger partial charge in [-0.3, -0.25) is 0 Å². The lowest BCUT2D eigenvalue weighted by molar-refractivity contribution is 1.17. The van der Waals surface area contributed by atoms with Gasteiger partial charge in [0.25, 0.3) is 0 Å². The second-order valence-electron chi connectivity index (χ2n) is 3.40. The molecule has 0 aliphatic carbocycles. The van der Waals surface area contributed by atoms with Gasteiger partial charge in [0.2, 0.25) is 0 Å². The molecule has 0 fully saturated rings. The van der Waals surface area contributed by atoms with E-state index in [-0.39, 0.29) is 0 Å². The highest BCUT2D eigenvalue weighted by Crippen LogP contribution is 2.20. The van der Waals surface area contributed by atoms with Crippen LogP contribution in [0.3, 0.4) is 0 Å². The largest absolute Gasteiger partial charge is 0.0622 e. The lowest BCUT2D eigenvalue weighted by Crippen LogP contribution is -1.91. The van der Waals surface area contributed by atoms with Gasteiger partial charge < -0.3 is 0 Å². The zero-order chi connectivity index (χ0) is 10.7. The van der Waals surface area contributed by atoms with Crippen LogP contribution in [0.15, 0.2) is 53.0 Å². The maximum absolute atomic E-state index is 3.48. The molecule has 0 unspecified atom stereocenters. The van der Waals surface area contributed by atoms with Gasteiger partial charge in [0, 0.05) is 8.04 Å². The quantitative estimate of drug-likeness (QED) is 0.673. The fourth-order valence-corrected chi connectivity index (χ4v) is 2.98. The average molecular weight is 373 g/mol. The Morgan fingerprint density at radius 1 is 1.00 bits per heavy atom. The summed E-state index contributed by atoms with van der Waals surface area (Å²) in [5, 5.41) is 0. The topological polar surface area (TPSA) is 0 Å². The smallest absolute Gasteiger partial charge is 0.0185 e. The number of benzene rings is 2. The lowest BCUT2D eigenvalue weighted by atomic mass is 10.1. The Labute approximate surface area is 112 Å². The Balaban J connectivity index is 2.25. The van der Waals surface area contributed by atoms with Crippen LogP contribution in [0.1, 0.15) is 11.1 Å². The molecule has 76 valence electrons. The molecule has 0 aromatic heterocycles. The predicted octanol–water partition coefficient (Wildman–Crippen LogP) is 4.64. The molecule has 0 amide bonds. The van der Waals surface area contributed by atoms with Crippen molar-refractivity contribution < 1.29 is 0 Å². The van der Waals surface area contributed by atoms with Gasteiger partial charge in [-0.2, -0.15) is 0 Å². The summed E-state index contributed by atoms with van der Waals surface area (Å²) in [7, 11) is 0. The number of hydrogen-bond donors (Lipinski definition) is 0. The van der Waals surface area contributed by atoms with E-state index in [2.05, 4.69) is 87.1 Å². The second kappa shape index (κ2) is 5.12. The molecule has 0 radical (unpaired) electrons. The summed E-state index contributed by atoms with van der Waals surface area (Å²) in [4.78, 5) is 0. The van der Waals surface area contributed by atoms with Crippen molar-refractivity contribution in [3.63, 3.8) is 0 Å². The molecule has 0 saturated heterocycles. The molecule has 2 aromatic rings. The third kappa shape index (κ3) is 3.05. The Bertz CT molecular complexity index is 451. The molecule has 0 nitrogen and oxygen atoms in total. The van der Waals surface area contributed by atoms with Crippen molar-refractivity contribution >= 4 is 38.5 Å². The van der Waals surface area contributed by atoms with E-state index in [1.54, 1.807) is 0 Å². The first kappa shape index (κ1) is 11.1. The molecule has 2 heteroatoms. The van der Waals surface area contributed by atoms with Crippen LogP contribution < -0.4 is 0 Å². The van der Waals surface area contributed by atoms with E-state index >= 15 is 0 Å². The van der Waals surface area contributed by atoms with Crippen LogP contribution in [0.5, 0.6) is 0 Å². The lowest BCUT2D eigenvalue weighted by Gasteiger charge is -2.05. The normalized spacial score (nSPS) is 10.3. The summed E-state index contributed by atoms with van der Waals surface area (Å²) in [5.41, 5.74) is 2.74. The van der Waals surface area contributed by atoms with Crippen molar-refractivity contribution in [1.29, 1.82) is 0 Å². The third-order valence-corrected chi connectivity index (χ3v) is 3.75. The molecule has 0 saturated carbocycles. The van der Waals surface area contributed by atoms with Gasteiger partial charge >= 0.3 is 0 Å². The van der Waals surface area contributed by atoms with Crippen LogP contribution in [0.25, 0.3) is 0 Å². The van der Waals surface area contributed by atoms with Gasteiger partial charge in [-0.1, -0.05) is 52.3 Å². The Morgan fingerprint density at radius 2 is 1.73 bits per heavy atom. The monoisotopic (exact) mass is 372 g/mol. The molecule has 15 heavy (non-hydrogen) atoms. The van der Waals surface area contributed by atoms with Crippen LogP contribution in [0, 0.1) is 3.57 Å². The molecule has 0 heterocycles. The van der Waals surface area contributed by atoms with Crippen molar-refractivity contribution in [2.75, 3.05) is 0 Å². The highest BCUT2D eigenvalue weighted by atomic mass is 127. The van der Waals surface area contributed by atoms with Gasteiger partial charge in [0.1, 0.15) is 0 Å². The number of halogens is 2. The fourth-order valence-electron chi connectivity index (χ4n) is 1.48. The first-order valence-electron chi connectivity index (χ1n) is 4.73. The van der Waals surface area contributed by atoms with Crippen molar-refractivity contribution in [2.45, 2.75) is 6.42 Å². The van der Waals surface area contributed by atoms with Crippen LogP contribution in [-0.2, 0) is 6.42 Å². The maximum Gasteiger partial charge on any atom is 0.0185 e. The van der Waals surface area contributed by atoms with E-state index in [4.69, 9.17) is 0 Å². The van der Waals surface area contributed by atoms with E-state index in [9.17, 15) is 0 Å². The van der Waals surface area contributed by atoms with Crippen LogP contribution in [-0.4, -0.2) is 0 Å². The summed E-state index contributed by atoms with van der Waals surface area (Å²) in [6.45, 7) is 0. The summed E-state index contributed by atoms with van der Waals surface area (Å²) >= 11 is 5.86. The molecule has 2 rings (SSSR count). The van der Waals surface area contributed by atoms with E-state index in [0.29, 0.717) is 0 Å². The van der Waals surface area contributed by atoms with E-state index in [0.717, 1.165) is 10.9 Å².